The van der Waals surface area contributed by atoms with E-state index < -0.39 is 9.73 Å². The fourth-order valence-electron chi connectivity index (χ4n) is 4.81. The number of hydrogen-bond donors (Lipinski definition) is 1. The Hall–Kier alpha value is -3.18. The Bertz CT molecular complexity index is 1410. The van der Waals surface area contributed by atoms with Gasteiger partial charge in [-0.2, -0.15) is 5.26 Å². The Labute approximate surface area is 187 Å². The maximum Gasteiger partial charge on any atom is 0.139 e. The Morgan fingerprint density at radius 2 is 2.00 bits per heavy atom. The lowest BCUT2D eigenvalue weighted by atomic mass is 9.84. The van der Waals surface area contributed by atoms with E-state index in [-0.39, 0.29) is 12.6 Å². The fraction of sp³-hybridized carbons (Fsp3) is 0.375. The molecule has 0 aliphatic heterocycles. The number of imidazole rings is 1. The molecule has 3 aromatic heterocycles. The molecular formula is C24H26N6OS. The van der Waals surface area contributed by atoms with Crippen LogP contribution in [0.1, 0.15) is 44.0 Å². The SMILES string of the molecule is C[S@](=O)(=NCc1nc2cnc3[nH]ccc3c2n1[C@H]1CC[C@H](CC#N)CC1)c1ccccc1. The van der Waals surface area contributed by atoms with Gasteiger partial charge in [0.05, 0.1) is 27.5 Å². The number of aromatic amines is 1. The number of nitrogens with zero attached hydrogens (tertiary/aromatic N) is 5. The van der Waals surface area contributed by atoms with Crippen molar-refractivity contribution in [2.45, 2.75) is 49.6 Å². The molecule has 5 rings (SSSR count). The Kier molecular flexibility index (Phi) is 5.43. The van der Waals surface area contributed by atoms with Crippen LogP contribution in [0.25, 0.3) is 22.1 Å². The van der Waals surface area contributed by atoms with Crippen LogP contribution in [0.2, 0.25) is 0 Å². The highest BCUT2D eigenvalue weighted by Gasteiger charge is 2.27. The van der Waals surface area contributed by atoms with Gasteiger partial charge in [0.1, 0.15) is 23.5 Å². The van der Waals surface area contributed by atoms with Gasteiger partial charge in [0, 0.05) is 35.2 Å². The zero-order chi connectivity index (χ0) is 22.1. The summed E-state index contributed by atoms with van der Waals surface area (Å²) < 4.78 is 20.2. The second kappa shape index (κ2) is 8.40. The van der Waals surface area contributed by atoms with Crippen molar-refractivity contribution in [1.29, 1.82) is 5.26 Å². The first-order valence-electron chi connectivity index (χ1n) is 11.0. The zero-order valence-corrected chi connectivity index (χ0v) is 18.9. The van der Waals surface area contributed by atoms with Gasteiger partial charge in [-0.05, 0) is 49.8 Å². The van der Waals surface area contributed by atoms with E-state index in [1.807, 2.05) is 42.6 Å². The van der Waals surface area contributed by atoms with E-state index in [1.165, 1.54) is 0 Å². The predicted molar refractivity (Wildman–Crippen MR) is 126 cm³/mol. The van der Waals surface area contributed by atoms with Crippen molar-refractivity contribution in [3.63, 3.8) is 0 Å². The van der Waals surface area contributed by atoms with Crippen LogP contribution in [0.4, 0.5) is 0 Å². The molecule has 0 radical (unpaired) electrons. The van der Waals surface area contributed by atoms with E-state index in [0.29, 0.717) is 12.3 Å². The lowest BCUT2D eigenvalue weighted by Crippen LogP contribution is -2.20. The van der Waals surface area contributed by atoms with Gasteiger partial charge in [0.25, 0.3) is 0 Å². The molecule has 1 atom stereocenters. The number of pyridine rings is 1. The van der Waals surface area contributed by atoms with Gasteiger partial charge < -0.3 is 9.55 Å². The first kappa shape index (κ1) is 20.7. The van der Waals surface area contributed by atoms with Crippen LogP contribution >= 0.6 is 0 Å². The summed E-state index contributed by atoms with van der Waals surface area (Å²) in [5.74, 6) is 1.30. The van der Waals surface area contributed by atoms with Crippen LogP contribution in [-0.4, -0.2) is 30.0 Å². The molecule has 4 aromatic rings. The van der Waals surface area contributed by atoms with Gasteiger partial charge in [0.2, 0.25) is 0 Å². The number of rotatable bonds is 5. The number of benzene rings is 1. The summed E-state index contributed by atoms with van der Waals surface area (Å²) in [7, 11) is -2.53. The minimum atomic E-state index is -2.53. The van der Waals surface area contributed by atoms with Crippen molar-refractivity contribution in [2.75, 3.05) is 6.26 Å². The molecule has 1 fully saturated rings. The maximum absolute atomic E-state index is 13.3. The third-order valence-electron chi connectivity index (χ3n) is 6.50. The van der Waals surface area contributed by atoms with Crippen molar-refractivity contribution in [2.24, 2.45) is 10.3 Å². The van der Waals surface area contributed by atoms with Crippen molar-refractivity contribution < 1.29 is 4.21 Å². The molecule has 1 aliphatic carbocycles. The number of nitrogens with one attached hydrogen (secondary N) is 1. The van der Waals surface area contributed by atoms with E-state index in [2.05, 4.69) is 25.0 Å². The van der Waals surface area contributed by atoms with E-state index in [4.69, 9.17) is 10.2 Å². The van der Waals surface area contributed by atoms with Gasteiger partial charge in [0.15, 0.2) is 0 Å². The van der Waals surface area contributed by atoms with E-state index in [0.717, 1.165) is 58.5 Å². The normalized spacial score (nSPS) is 20.8. The third kappa shape index (κ3) is 3.78. The summed E-state index contributed by atoms with van der Waals surface area (Å²) in [6.45, 7) is 0.281. The van der Waals surface area contributed by atoms with Crippen molar-refractivity contribution >= 4 is 31.8 Å². The summed E-state index contributed by atoms with van der Waals surface area (Å²) in [6, 6.07) is 14.0. The van der Waals surface area contributed by atoms with Crippen LogP contribution in [0.15, 0.2) is 58.1 Å². The fourth-order valence-corrected chi connectivity index (χ4v) is 5.98. The molecule has 0 amide bonds. The average Bonchev–Trinajstić information content (AvgIpc) is 3.43. The maximum atomic E-state index is 13.3. The van der Waals surface area contributed by atoms with Gasteiger partial charge in [-0.1, -0.05) is 18.2 Å². The molecule has 0 saturated heterocycles. The topological polar surface area (TPSA) is 99.7 Å². The molecule has 1 aliphatic rings. The minimum absolute atomic E-state index is 0.281. The van der Waals surface area contributed by atoms with Gasteiger partial charge in [-0.25, -0.2) is 18.5 Å². The van der Waals surface area contributed by atoms with Crippen molar-refractivity contribution in [3.8, 4) is 6.07 Å². The first-order valence-corrected chi connectivity index (χ1v) is 12.9. The number of hydrogen-bond acceptors (Lipinski definition) is 5. The highest BCUT2D eigenvalue weighted by Crippen LogP contribution is 2.38. The predicted octanol–water partition coefficient (Wildman–Crippen LogP) is 5.21. The Morgan fingerprint density at radius 1 is 1.22 bits per heavy atom. The van der Waals surface area contributed by atoms with Crippen LogP contribution in [-0.2, 0) is 16.3 Å². The molecule has 0 bridgehead atoms. The summed E-state index contributed by atoms with van der Waals surface area (Å²) in [5.41, 5.74) is 2.74. The molecule has 1 N–H and O–H groups in total. The molecule has 3 heterocycles. The second-order valence-corrected chi connectivity index (χ2v) is 10.9. The molecule has 7 nitrogen and oxygen atoms in total. The zero-order valence-electron chi connectivity index (χ0n) is 18.1. The van der Waals surface area contributed by atoms with Gasteiger partial charge >= 0.3 is 0 Å². The molecule has 164 valence electrons. The molecular weight excluding hydrogens is 420 g/mol. The standard InChI is InChI=1S/C24H26N6OS/c1-32(31,19-5-3-2-4-6-19)28-16-22-29-21-15-27-24-20(12-14-26-24)23(21)30(22)18-9-7-17(8-10-18)11-13-25/h2-6,12,14-15,17-18H,7-11,16H2,1H3,(H,26,27)/t17-,18-,32-/m1/s1. The van der Waals surface area contributed by atoms with Crippen LogP contribution < -0.4 is 0 Å². The van der Waals surface area contributed by atoms with Gasteiger partial charge in [-0.15, -0.1) is 0 Å². The van der Waals surface area contributed by atoms with E-state index in [9.17, 15) is 4.21 Å². The van der Waals surface area contributed by atoms with Crippen LogP contribution in [0.3, 0.4) is 0 Å². The molecule has 8 heteroatoms. The number of aromatic nitrogens is 4. The molecule has 0 unspecified atom stereocenters. The van der Waals surface area contributed by atoms with Crippen LogP contribution in [0.5, 0.6) is 0 Å². The number of fused-ring (bicyclic) bond motifs is 3. The molecule has 32 heavy (non-hydrogen) atoms. The van der Waals surface area contributed by atoms with Crippen molar-refractivity contribution in [3.05, 3.63) is 54.6 Å². The summed E-state index contributed by atoms with van der Waals surface area (Å²) >= 11 is 0. The molecule has 0 spiro atoms. The summed E-state index contributed by atoms with van der Waals surface area (Å²) in [5, 5.41) is 10.1. The second-order valence-electron chi connectivity index (χ2n) is 8.57. The van der Waals surface area contributed by atoms with E-state index in [1.54, 1.807) is 12.5 Å². The lowest BCUT2D eigenvalue weighted by Gasteiger charge is -2.29. The Morgan fingerprint density at radius 3 is 2.75 bits per heavy atom. The minimum Gasteiger partial charge on any atom is -0.346 e. The van der Waals surface area contributed by atoms with Crippen LogP contribution in [0, 0.1) is 17.2 Å². The lowest BCUT2D eigenvalue weighted by molar-refractivity contribution is 0.278. The number of nitriles is 1. The largest absolute Gasteiger partial charge is 0.346 e. The first-order chi connectivity index (χ1) is 15.6. The van der Waals surface area contributed by atoms with Crippen molar-refractivity contribution in [1.82, 2.24) is 19.5 Å². The van der Waals surface area contributed by atoms with E-state index >= 15 is 0 Å². The smallest absolute Gasteiger partial charge is 0.139 e. The van der Waals surface area contributed by atoms with Gasteiger partial charge in [-0.3, -0.25) is 0 Å². The average molecular weight is 447 g/mol. The monoisotopic (exact) mass is 446 g/mol. The third-order valence-corrected chi connectivity index (χ3v) is 8.27. The highest BCUT2D eigenvalue weighted by molar-refractivity contribution is 7.93. The highest BCUT2D eigenvalue weighted by atomic mass is 32.2. The summed E-state index contributed by atoms with van der Waals surface area (Å²) in [4.78, 5) is 13.3. The Balaban J connectivity index is 1.58. The summed E-state index contributed by atoms with van der Waals surface area (Å²) in [6.07, 6.45) is 10.1. The quantitative estimate of drug-likeness (QED) is 0.454. The molecule has 1 saturated carbocycles. The molecule has 1 aromatic carbocycles. The number of H-pyrrole nitrogens is 1.